The fourth-order valence-electron chi connectivity index (χ4n) is 5.19. The van der Waals surface area contributed by atoms with Crippen LogP contribution in [0.5, 0.6) is 0 Å². The normalized spacial score (nSPS) is 31.0. The van der Waals surface area contributed by atoms with Gasteiger partial charge in [0.2, 0.25) is 5.91 Å². The summed E-state index contributed by atoms with van der Waals surface area (Å²) in [6.07, 6.45) is 7.09. The summed E-state index contributed by atoms with van der Waals surface area (Å²) in [7, 11) is 0. The molecule has 3 aliphatic rings. The molecule has 158 valence electrons. The SMILES string of the molecule is CC1CCC(NC(=O)[C@@H]2CC[C@H]2CN2CCN(c3noc4ccsc34)CC2)CC1. The second-order valence-electron chi connectivity index (χ2n) is 9.32. The van der Waals surface area contributed by atoms with Crippen LogP contribution in [0.4, 0.5) is 5.82 Å². The molecule has 5 rings (SSSR count). The van der Waals surface area contributed by atoms with Crippen LogP contribution in [0.25, 0.3) is 10.3 Å². The molecular formula is C22H32N4O2S. The van der Waals surface area contributed by atoms with Crippen LogP contribution in [0.1, 0.15) is 45.4 Å². The number of aromatic nitrogens is 1. The minimum atomic E-state index is 0.230. The molecular weight excluding hydrogens is 384 g/mol. The van der Waals surface area contributed by atoms with E-state index in [0.717, 1.165) is 74.0 Å². The Morgan fingerprint density at radius 2 is 1.97 bits per heavy atom. The van der Waals surface area contributed by atoms with Crippen molar-refractivity contribution in [3.05, 3.63) is 11.4 Å². The Morgan fingerprint density at radius 3 is 2.69 bits per heavy atom. The third-order valence-corrected chi connectivity index (χ3v) is 8.24. The highest BCUT2D eigenvalue weighted by atomic mass is 32.1. The van der Waals surface area contributed by atoms with Gasteiger partial charge in [-0.1, -0.05) is 12.1 Å². The first-order valence-electron chi connectivity index (χ1n) is 11.3. The first kappa shape index (κ1) is 19.4. The van der Waals surface area contributed by atoms with Crippen molar-refractivity contribution < 1.29 is 9.32 Å². The fraction of sp³-hybridized carbons (Fsp3) is 0.727. The highest BCUT2D eigenvalue weighted by Crippen LogP contribution is 2.36. The lowest BCUT2D eigenvalue weighted by molar-refractivity contribution is -0.131. The van der Waals surface area contributed by atoms with E-state index in [9.17, 15) is 4.79 Å². The Bertz CT molecular complexity index is 833. The van der Waals surface area contributed by atoms with Crippen LogP contribution in [-0.4, -0.2) is 54.7 Å². The summed E-state index contributed by atoms with van der Waals surface area (Å²) in [4.78, 5) is 17.7. The van der Waals surface area contributed by atoms with Gasteiger partial charge in [-0.2, -0.15) is 0 Å². The number of piperazine rings is 1. The van der Waals surface area contributed by atoms with E-state index in [4.69, 9.17) is 4.52 Å². The zero-order chi connectivity index (χ0) is 19.8. The molecule has 7 heteroatoms. The van der Waals surface area contributed by atoms with E-state index in [0.29, 0.717) is 17.9 Å². The van der Waals surface area contributed by atoms with Gasteiger partial charge in [-0.25, -0.2) is 0 Å². The fourth-order valence-corrected chi connectivity index (χ4v) is 6.01. The van der Waals surface area contributed by atoms with Crippen LogP contribution >= 0.6 is 11.3 Å². The number of nitrogens with one attached hydrogen (secondary N) is 1. The highest BCUT2D eigenvalue weighted by molar-refractivity contribution is 7.17. The zero-order valence-electron chi connectivity index (χ0n) is 17.3. The molecule has 1 aliphatic heterocycles. The number of nitrogens with zero attached hydrogens (tertiary/aromatic N) is 3. The van der Waals surface area contributed by atoms with Gasteiger partial charge < -0.3 is 14.7 Å². The van der Waals surface area contributed by atoms with Crippen molar-refractivity contribution in [1.29, 1.82) is 0 Å². The van der Waals surface area contributed by atoms with Crippen molar-refractivity contribution in [3.63, 3.8) is 0 Å². The Hall–Kier alpha value is -1.60. The van der Waals surface area contributed by atoms with Crippen molar-refractivity contribution in [2.45, 2.75) is 51.5 Å². The first-order valence-corrected chi connectivity index (χ1v) is 12.2. The number of carbonyl (C=O) groups is 1. The van der Waals surface area contributed by atoms with Crippen LogP contribution in [0.2, 0.25) is 0 Å². The predicted molar refractivity (Wildman–Crippen MR) is 116 cm³/mol. The Balaban J connectivity index is 1.09. The van der Waals surface area contributed by atoms with E-state index in [1.165, 1.54) is 19.3 Å². The Kier molecular flexibility index (Phi) is 5.52. The molecule has 3 heterocycles. The number of amides is 1. The second kappa shape index (κ2) is 8.26. The number of anilines is 1. The topological polar surface area (TPSA) is 61.6 Å². The number of thiophene rings is 1. The average molecular weight is 417 g/mol. The average Bonchev–Trinajstić information content (AvgIpc) is 3.31. The van der Waals surface area contributed by atoms with Gasteiger partial charge in [0.05, 0.1) is 0 Å². The van der Waals surface area contributed by atoms with Crippen molar-refractivity contribution in [2.24, 2.45) is 17.8 Å². The summed E-state index contributed by atoms with van der Waals surface area (Å²) in [6, 6.07) is 2.41. The van der Waals surface area contributed by atoms with Crippen molar-refractivity contribution in [2.75, 3.05) is 37.6 Å². The van der Waals surface area contributed by atoms with Gasteiger partial charge in [0.1, 0.15) is 4.70 Å². The van der Waals surface area contributed by atoms with Crippen LogP contribution in [0.3, 0.4) is 0 Å². The first-order chi connectivity index (χ1) is 14.2. The van der Waals surface area contributed by atoms with Crippen LogP contribution in [0.15, 0.2) is 16.0 Å². The van der Waals surface area contributed by atoms with Crippen LogP contribution in [0, 0.1) is 17.8 Å². The number of fused-ring (bicyclic) bond motifs is 1. The van der Waals surface area contributed by atoms with Gasteiger partial charge in [-0.15, -0.1) is 11.3 Å². The highest BCUT2D eigenvalue weighted by Gasteiger charge is 2.38. The smallest absolute Gasteiger partial charge is 0.223 e. The third-order valence-electron chi connectivity index (χ3n) is 7.34. The molecule has 0 unspecified atom stereocenters. The van der Waals surface area contributed by atoms with E-state index in [2.05, 4.69) is 32.6 Å². The largest absolute Gasteiger partial charge is 0.353 e. The number of carbonyl (C=O) groups excluding carboxylic acids is 1. The number of rotatable bonds is 5. The summed E-state index contributed by atoms with van der Waals surface area (Å²) < 4.78 is 6.59. The molecule has 3 fully saturated rings. The molecule has 1 N–H and O–H groups in total. The van der Waals surface area contributed by atoms with Gasteiger partial charge in [-0.3, -0.25) is 9.69 Å². The molecule has 0 bridgehead atoms. The number of hydrogen-bond acceptors (Lipinski definition) is 6. The molecule has 2 aliphatic carbocycles. The monoisotopic (exact) mass is 416 g/mol. The third kappa shape index (κ3) is 4.04. The summed E-state index contributed by atoms with van der Waals surface area (Å²) in [5.74, 6) is 2.90. The quantitative estimate of drug-likeness (QED) is 0.805. The predicted octanol–water partition coefficient (Wildman–Crippen LogP) is 3.73. The molecule has 0 spiro atoms. The van der Waals surface area contributed by atoms with Gasteiger partial charge in [0.15, 0.2) is 11.4 Å². The van der Waals surface area contributed by atoms with Gasteiger partial charge in [-0.05, 0) is 61.8 Å². The molecule has 0 radical (unpaired) electrons. The van der Waals surface area contributed by atoms with E-state index < -0.39 is 0 Å². The maximum Gasteiger partial charge on any atom is 0.223 e. The Labute approximate surface area is 176 Å². The summed E-state index contributed by atoms with van der Waals surface area (Å²) in [5, 5.41) is 9.70. The van der Waals surface area contributed by atoms with Crippen molar-refractivity contribution in [1.82, 2.24) is 15.4 Å². The van der Waals surface area contributed by atoms with E-state index in [1.54, 1.807) is 11.3 Å². The van der Waals surface area contributed by atoms with Crippen molar-refractivity contribution >= 4 is 33.3 Å². The maximum absolute atomic E-state index is 12.8. The van der Waals surface area contributed by atoms with E-state index in [-0.39, 0.29) is 5.92 Å². The summed E-state index contributed by atoms with van der Waals surface area (Å²) in [6.45, 7) is 7.40. The lowest BCUT2D eigenvalue weighted by Gasteiger charge is -2.42. The summed E-state index contributed by atoms with van der Waals surface area (Å²) in [5.41, 5.74) is 0.892. The maximum atomic E-state index is 12.8. The molecule has 2 atom stereocenters. The zero-order valence-corrected chi connectivity index (χ0v) is 18.1. The second-order valence-corrected chi connectivity index (χ2v) is 10.2. The molecule has 2 saturated carbocycles. The van der Waals surface area contributed by atoms with E-state index in [1.807, 2.05) is 6.07 Å². The molecule has 29 heavy (non-hydrogen) atoms. The molecule has 6 nitrogen and oxygen atoms in total. The molecule has 1 saturated heterocycles. The minimum absolute atomic E-state index is 0.230. The lowest BCUT2D eigenvalue weighted by Crippen LogP contribution is -2.52. The molecule has 2 aromatic rings. The minimum Gasteiger partial charge on any atom is -0.353 e. The van der Waals surface area contributed by atoms with Gasteiger partial charge in [0, 0.05) is 44.7 Å². The van der Waals surface area contributed by atoms with Crippen LogP contribution < -0.4 is 10.2 Å². The molecule has 1 amide bonds. The van der Waals surface area contributed by atoms with E-state index >= 15 is 0 Å². The Morgan fingerprint density at radius 1 is 1.17 bits per heavy atom. The lowest BCUT2D eigenvalue weighted by atomic mass is 9.72. The number of hydrogen-bond donors (Lipinski definition) is 1. The van der Waals surface area contributed by atoms with Gasteiger partial charge in [0.25, 0.3) is 0 Å². The standard InChI is InChI=1S/C22H32N4O2S/c1-15-2-5-17(6-3-15)23-22(27)18-7-4-16(18)14-25-9-11-26(12-10-25)21-20-19(28-24-21)8-13-29-20/h8,13,15-18H,2-7,9-12,14H2,1H3,(H,23,27)/t15?,16-,17?,18+/m0/s1. The van der Waals surface area contributed by atoms with Gasteiger partial charge >= 0.3 is 0 Å². The molecule has 2 aromatic heterocycles. The van der Waals surface area contributed by atoms with Crippen molar-refractivity contribution in [3.8, 4) is 0 Å². The van der Waals surface area contributed by atoms with Crippen LogP contribution in [-0.2, 0) is 4.79 Å². The summed E-state index contributed by atoms with van der Waals surface area (Å²) >= 11 is 1.70. The molecule has 0 aromatic carbocycles.